The summed E-state index contributed by atoms with van der Waals surface area (Å²) in [6.45, 7) is 4.54. The third kappa shape index (κ3) is 3.39. The van der Waals surface area contributed by atoms with Gasteiger partial charge in [0.2, 0.25) is 5.91 Å². The Labute approximate surface area is 170 Å². The van der Waals surface area contributed by atoms with Gasteiger partial charge in [-0.3, -0.25) is 14.5 Å². The number of cyclic esters (lactones) is 1. The van der Waals surface area contributed by atoms with Crippen LogP contribution in [0.2, 0.25) is 0 Å². The minimum Gasteiger partial charge on any atom is -0.447 e. The van der Waals surface area contributed by atoms with E-state index in [2.05, 4.69) is 0 Å². The molecule has 2 amide bonds. The summed E-state index contributed by atoms with van der Waals surface area (Å²) in [4.78, 5) is 42.0. The number of carbonyl (C=O) groups excluding carboxylic acids is 3. The van der Waals surface area contributed by atoms with Gasteiger partial charge in [-0.25, -0.2) is 4.79 Å². The van der Waals surface area contributed by atoms with Gasteiger partial charge in [-0.1, -0.05) is 74.5 Å². The van der Waals surface area contributed by atoms with Gasteiger partial charge >= 0.3 is 6.09 Å². The van der Waals surface area contributed by atoms with Crippen LogP contribution in [0.25, 0.3) is 0 Å². The van der Waals surface area contributed by atoms with Crippen molar-refractivity contribution in [2.24, 2.45) is 5.92 Å². The Morgan fingerprint density at radius 1 is 1.03 bits per heavy atom. The highest BCUT2D eigenvalue weighted by molar-refractivity contribution is 6.10. The molecule has 2 aromatic carbocycles. The van der Waals surface area contributed by atoms with Crippen LogP contribution in [-0.4, -0.2) is 52.3 Å². The number of ether oxygens (including phenoxy) is 1. The summed E-state index contributed by atoms with van der Waals surface area (Å²) in [6, 6.07) is 16.7. The Morgan fingerprint density at radius 2 is 1.66 bits per heavy atom. The molecule has 0 unspecified atom stereocenters. The van der Waals surface area contributed by atoms with Gasteiger partial charge in [-0.15, -0.1) is 0 Å². The van der Waals surface area contributed by atoms with Gasteiger partial charge in [-0.2, -0.15) is 0 Å². The summed E-state index contributed by atoms with van der Waals surface area (Å²) < 4.78 is 5.24. The Kier molecular flexibility index (Phi) is 5.09. The molecule has 6 nitrogen and oxygen atoms in total. The maximum Gasteiger partial charge on any atom is 0.410 e. The number of nitrogens with zero attached hydrogens (tertiary/aromatic N) is 2. The highest BCUT2D eigenvalue weighted by Gasteiger charge is 2.58. The number of amides is 2. The van der Waals surface area contributed by atoms with Crippen molar-refractivity contribution in [2.45, 2.75) is 38.5 Å². The van der Waals surface area contributed by atoms with Crippen molar-refractivity contribution in [1.29, 1.82) is 0 Å². The molecule has 2 aliphatic rings. The molecule has 2 heterocycles. The normalized spacial score (nSPS) is 23.9. The van der Waals surface area contributed by atoms with Crippen molar-refractivity contribution in [3.63, 3.8) is 0 Å². The lowest BCUT2D eigenvalue weighted by molar-refractivity contribution is -0.156. The first-order valence-electron chi connectivity index (χ1n) is 9.88. The lowest BCUT2D eigenvalue weighted by Gasteiger charge is -2.50. The molecule has 0 saturated carbocycles. The number of hydrogen-bond acceptors (Lipinski definition) is 4. The van der Waals surface area contributed by atoms with E-state index < -0.39 is 18.2 Å². The summed E-state index contributed by atoms with van der Waals surface area (Å²) in [5, 5.41) is 0. The number of ketones is 1. The number of likely N-dealkylation sites (tertiary alicyclic amines) is 1. The fourth-order valence-electron chi connectivity index (χ4n) is 4.10. The van der Waals surface area contributed by atoms with Crippen LogP contribution in [-0.2, 0) is 16.1 Å². The van der Waals surface area contributed by atoms with E-state index in [9.17, 15) is 14.4 Å². The third-order valence-corrected chi connectivity index (χ3v) is 5.71. The zero-order valence-corrected chi connectivity index (χ0v) is 16.5. The van der Waals surface area contributed by atoms with Gasteiger partial charge in [0, 0.05) is 12.1 Å². The molecule has 0 radical (unpaired) electrons. The molecule has 2 fully saturated rings. The first kappa shape index (κ1) is 19.2. The second-order valence-electron chi connectivity index (χ2n) is 7.87. The van der Waals surface area contributed by atoms with E-state index in [0.29, 0.717) is 12.1 Å². The van der Waals surface area contributed by atoms with Crippen molar-refractivity contribution in [3.8, 4) is 0 Å². The predicted octanol–water partition coefficient (Wildman–Crippen LogP) is 3.13. The number of β-lactam (4-membered cyclic amide) rings is 1. The number of carbonyl (C=O) groups is 3. The molecule has 4 rings (SSSR count). The minimum absolute atomic E-state index is 0.116. The van der Waals surface area contributed by atoms with Gasteiger partial charge in [0.05, 0.1) is 6.04 Å². The Balaban J connectivity index is 1.67. The molecule has 2 aliphatic heterocycles. The fraction of sp³-hybridized carbons (Fsp3) is 0.348. The number of rotatable bonds is 6. The maximum absolute atomic E-state index is 13.4. The highest BCUT2D eigenvalue weighted by Crippen LogP contribution is 2.35. The van der Waals surface area contributed by atoms with Gasteiger partial charge in [0.15, 0.2) is 5.78 Å². The van der Waals surface area contributed by atoms with E-state index in [-0.39, 0.29) is 30.3 Å². The van der Waals surface area contributed by atoms with E-state index in [4.69, 9.17) is 4.74 Å². The summed E-state index contributed by atoms with van der Waals surface area (Å²) in [5.74, 6) is -0.258. The summed E-state index contributed by atoms with van der Waals surface area (Å²) in [6.07, 6.45) is -0.521. The molecule has 0 N–H and O–H groups in total. The highest BCUT2D eigenvalue weighted by atomic mass is 16.6. The zero-order valence-electron chi connectivity index (χ0n) is 16.5. The number of Topliss-reactive ketones (excluding diaryl/α,β-unsaturated/α-hetero) is 1. The van der Waals surface area contributed by atoms with Crippen LogP contribution in [0.1, 0.15) is 29.8 Å². The first-order chi connectivity index (χ1) is 14.0. The van der Waals surface area contributed by atoms with Crippen LogP contribution in [0.5, 0.6) is 0 Å². The van der Waals surface area contributed by atoms with Crippen molar-refractivity contribution >= 4 is 17.8 Å². The third-order valence-electron chi connectivity index (χ3n) is 5.71. The average Bonchev–Trinajstić information content (AvgIpc) is 3.12. The topological polar surface area (TPSA) is 66.9 Å². The number of benzene rings is 2. The second-order valence-corrected chi connectivity index (χ2v) is 7.87. The lowest BCUT2D eigenvalue weighted by atomic mass is 9.85. The zero-order chi connectivity index (χ0) is 20.5. The van der Waals surface area contributed by atoms with E-state index >= 15 is 0 Å². The van der Waals surface area contributed by atoms with Gasteiger partial charge in [0.25, 0.3) is 0 Å². The molecule has 0 bridgehead atoms. The Morgan fingerprint density at radius 3 is 2.28 bits per heavy atom. The fourth-order valence-corrected chi connectivity index (χ4v) is 4.10. The molecule has 6 heteroatoms. The van der Waals surface area contributed by atoms with Crippen LogP contribution in [0.4, 0.5) is 4.79 Å². The molecular formula is C23H24N2O4. The van der Waals surface area contributed by atoms with E-state index in [1.165, 1.54) is 4.90 Å². The first-order valence-corrected chi connectivity index (χ1v) is 9.88. The Hall–Kier alpha value is -3.15. The molecule has 150 valence electrons. The van der Waals surface area contributed by atoms with Crippen molar-refractivity contribution < 1.29 is 19.1 Å². The molecule has 0 aromatic heterocycles. The standard InChI is InChI=1S/C23H24N2O4/c1-15(2)18-14-29-23(28)25(18)20-19(21(26)17-11-7-4-8-12-17)24(22(20)27)13-16-9-5-3-6-10-16/h3-12,15,18-20H,13-14H2,1-2H3/t18-,19-,20-/m1/s1. The molecule has 2 aromatic rings. The lowest BCUT2D eigenvalue weighted by Crippen LogP contribution is -2.74. The van der Waals surface area contributed by atoms with Crippen LogP contribution in [0.15, 0.2) is 60.7 Å². The Bertz CT molecular complexity index is 913. The second kappa shape index (κ2) is 7.70. The van der Waals surface area contributed by atoms with Crippen LogP contribution in [0.3, 0.4) is 0 Å². The smallest absolute Gasteiger partial charge is 0.410 e. The van der Waals surface area contributed by atoms with Gasteiger partial charge < -0.3 is 9.64 Å². The molecule has 2 saturated heterocycles. The monoisotopic (exact) mass is 392 g/mol. The molecule has 3 atom stereocenters. The summed E-state index contributed by atoms with van der Waals surface area (Å²) in [7, 11) is 0. The largest absolute Gasteiger partial charge is 0.447 e. The van der Waals surface area contributed by atoms with Crippen molar-refractivity contribution in [3.05, 3.63) is 71.8 Å². The summed E-state index contributed by atoms with van der Waals surface area (Å²) >= 11 is 0. The molecule has 0 aliphatic carbocycles. The quantitative estimate of drug-likeness (QED) is 0.560. The molecule has 0 spiro atoms. The summed E-state index contributed by atoms with van der Waals surface area (Å²) in [5.41, 5.74) is 1.47. The SMILES string of the molecule is CC(C)[C@H]1COC(=O)N1[C@H]1C(=O)N(Cc2ccccc2)[C@H]1C(=O)c1ccccc1. The van der Waals surface area contributed by atoms with Crippen molar-refractivity contribution in [1.82, 2.24) is 9.80 Å². The molecule has 29 heavy (non-hydrogen) atoms. The average molecular weight is 392 g/mol. The van der Waals surface area contributed by atoms with Crippen molar-refractivity contribution in [2.75, 3.05) is 6.61 Å². The number of hydrogen-bond donors (Lipinski definition) is 0. The van der Waals surface area contributed by atoms with E-state index in [1.54, 1.807) is 29.2 Å². The van der Waals surface area contributed by atoms with Crippen LogP contribution < -0.4 is 0 Å². The maximum atomic E-state index is 13.4. The van der Waals surface area contributed by atoms with Gasteiger partial charge in [0.1, 0.15) is 18.7 Å². The van der Waals surface area contributed by atoms with E-state index in [1.807, 2.05) is 50.2 Å². The minimum atomic E-state index is -0.825. The van der Waals surface area contributed by atoms with E-state index in [0.717, 1.165) is 5.56 Å². The van der Waals surface area contributed by atoms with Crippen LogP contribution in [0, 0.1) is 5.92 Å². The van der Waals surface area contributed by atoms with Gasteiger partial charge in [-0.05, 0) is 11.5 Å². The molecular weight excluding hydrogens is 368 g/mol. The predicted molar refractivity (Wildman–Crippen MR) is 107 cm³/mol. The van der Waals surface area contributed by atoms with Crippen LogP contribution >= 0.6 is 0 Å².